The predicted molar refractivity (Wildman–Crippen MR) is 84.2 cm³/mol. The van der Waals surface area contributed by atoms with Crippen molar-refractivity contribution < 1.29 is 9.90 Å². The Bertz CT molecular complexity index is 433. The molecule has 0 saturated carbocycles. The van der Waals surface area contributed by atoms with Gasteiger partial charge in [-0.1, -0.05) is 25.2 Å². The molecule has 0 bridgehead atoms. The fraction of sp³-hybridized carbons (Fsp3) is 0.571. The van der Waals surface area contributed by atoms with Gasteiger partial charge in [-0.15, -0.1) is 12.8 Å². The summed E-state index contributed by atoms with van der Waals surface area (Å²) in [7, 11) is 0. The Morgan fingerprint density at radius 2 is 2.10 bits per heavy atom. The number of thiazole rings is 1. The van der Waals surface area contributed by atoms with Gasteiger partial charge in [-0.3, -0.25) is 4.79 Å². The van der Waals surface area contributed by atoms with E-state index in [0.717, 1.165) is 5.13 Å². The highest BCUT2D eigenvalue weighted by Gasteiger charge is 2.38. The molecule has 1 saturated heterocycles. The van der Waals surface area contributed by atoms with E-state index >= 15 is 0 Å². The van der Waals surface area contributed by atoms with Crippen molar-refractivity contribution in [3.63, 3.8) is 0 Å². The lowest BCUT2D eigenvalue weighted by atomic mass is 9.98. The van der Waals surface area contributed by atoms with E-state index in [4.69, 9.17) is 0 Å². The van der Waals surface area contributed by atoms with Crippen LogP contribution < -0.4 is 10.2 Å². The number of anilines is 1. The number of hydrogen-bond acceptors (Lipinski definition) is 5. The summed E-state index contributed by atoms with van der Waals surface area (Å²) in [4.78, 5) is 18.3. The van der Waals surface area contributed by atoms with Crippen LogP contribution in [0, 0.1) is 12.8 Å². The fourth-order valence-corrected chi connectivity index (χ4v) is 2.51. The van der Waals surface area contributed by atoms with Crippen LogP contribution in [0.15, 0.2) is 6.20 Å². The molecule has 0 spiro atoms. The molecule has 1 aromatic rings. The molecule has 0 atom stereocenters. The summed E-state index contributed by atoms with van der Waals surface area (Å²) in [6, 6.07) is 0. The zero-order chi connectivity index (χ0) is 15.8. The van der Waals surface area contributed by atoms with Crippen LogP contribution in [0.4, 0.5) is 5.13 Å². The van der Waals surface area contributed by atoms with Crippen LogP contribution in [0.3, 0.4) is 0 Å². The van der Waals surface area contributed by atoms with E-state index in [2.05, 4.69) is 23.1 Å². The van der Waals surface area contributed by atoms with E-state index in [9.17, 15) is 9.90 Å². The number of amides is 1. The average Bonchev–Trinajstić information content (AvgIpc) is 2.90. The number of terminal acetylenes is 1. The summed E-state index contributed by atoms with van der Waals surface area (Å²) in [5.41, 5.74) is -0.614. The van der Waals surface area contributed by atoms with Crippen molar-refractivity contribution in [1.29, 1.82) is 0 Å². The Morgan fingerprint density at radius 3 is 2.55 bits per heavy atom. The maximum Gasteiger partial charge on any atom is 0.263 e. The topological polar surface area (TPSA) is 65.5 Å². The molecule has 2 rings (SSSR count). The second kappa shape index (κ2) is 8.56. The molecule has 1 amide bonds. The van der Waals surface area contributed by atoms with Crippen LogP contribution in [0.5, 0.6) is 0 Å². The van der Waals surface area contributed by atoms with Crippen LogP contribution in [0.25, 0.3) is 0 Å². The van der Waals surface area contributed by atoms with E-state index in [1.807, 2.05) is 25.7 Å². The van der Waals surface area contributed by atoms with Crippen LogP contribution >= 0.6 is 11.3 Å². The molecule has 0 unspecified atom stereocenters. The molecule has 1 aromatic heterocycles. The van der Waals surface area contributed by atoms with Crippen molar-refractivity contribution in [3.05, 3.63) is 11.1 Å². The highest BCUT2D eigenvalue weighted by Crippen LogP contribution is 2.30. The van der Waals surface area contributed by atoms with Gasteiger partial charge >= 0.3 is 0 Å². The number of hydrogen-bond donors (Lipinski definition) is 2. The van der Waals surface area contributed by atoms with Gasteiger partial charge in [0.25, 0.3) is 5.91 Å². The molecule has 2 N–H and O–H groups in total. The molecule has 5 nitrogen and oxygen atoms in total. The Hall–Kier alpha value is -1.58. The molecule has 2 heterocycles. The number of nitrogens with one attached hydrogen (secondary N) is 1. The van der Waals surface area contributed by atoms with E-state index in [0.29, 0.717) is 24.5 Å². The molecule has 1 fully saturated rings. The molecule has 0 aliphatic carbocycles. The number of nitrogens with zero attached hydrogens (tertiary/aromatic N) is 2. The maximum atomic E-state index is 11.5. The Labute approximate surface area is 125 Å². The molecular weight excluding hydrogens is 274 g/mol. The minimum absolute atomic E-state index is 0.0847. The molecule has 20 heavy (non-hydrogen) atoms. The number of aromatic nitrogens is 1. The van der Waals surface area contributed by atoms with Gasteiger partial charge in [0, 0.05) is 6.54 Å². The van der Waals surface area contributed by atoms with Gasteiger partial charge in [0.05, 0.1) is 24.9 Å². The molecule has 1 aliphatic heterocycles. The van der Waals surface area contributed by atoms with Gasteiger partial charge in [-0.05, 0) is 13.8 Å². The largest absolute Gasteiger partial charge is 0.386 e. The number of carbonyl (C=O) groups is 1. The first-order valence-electron chi connectivity index (χ1n) is 6.56. The lowest BCUT2D eigenvalue weighted by Crippen LogP contribution is -2.60. The van der Waals surface area contributed by atoms with Gasteiger partial charge in [0.2, 0.25) is 0 Å². The highest BCUT2D eigenvalue weighted by molar-refractivity contribution is 7.17. The number of rotatable bonds is 3. The number of aliphatic hydroxyl groups is 1. The van der Waals surface area contributed by atoms with Gasteiger partial charge in [0.1, 0.15) is 4.88 Å². The smallest absolute Gasteiger partial charge is 0.263 e. The highest BCUT2D eigenvalue weighted by atomic mass is 32.1. The number of β-amino-alcohol motifs (C(OH)–C–C–N with tert-alkyl or cyclic N) is 1. The molecule has 6 heteroatoms. The molecular formula is C14H23N3O2S. The standard InChI is InChI=1S/C10H15N3O2S.C2H6.C2H2/c1-3-11-8(14)7-4-12-9(16-7)13-5-10(2,15)6-13;2*1-2/h4,15H,3,5-6H2,1-2H3,(H,11,14);1-2H3;1-2H. The van der Waals surface area contributed by atoms with Crippen LogP contribution in [-0.2, 0) is 0 Å². The predicted octanol–water partition coefficient (Wildman–Crippen LogP) is 1.74. The third-order valence-electron chi connectivity index (χ3n) is 2.39. The molecule has 1 aliphatic rings. The minimum atomic E-state index is -0.614. The van der Waals surface area contributed by atoms with E-state index in [1.54, 1.807) is 13.1 Å². The van der Waals surface area contributed by atoms with Crippen LogP contribution in [0.1, 0.15) is 37.4 Å². The normalized spacial score (nSPS) is 14.8. The quantitative estimate of drug-likeness (QED) is 0.834. The summed E-state index contributed by atoms with van der Waals surface area (Å²) in [6.45, 7) is 9.45. The monoisotopic (exact) mass is 297 g/mol. The van der Waals surface area contributed by atoms with Crippen molar-refractivity contribution in [2.75, 3.05) is 24.5 Å². The third kappa shape index (κ3) is 4.83. The van der Waals surface area contributed by atoms with Crippen molar-refractivity contribution in [2.24, 2.45) is 0 Å². The average molecular weight is 297 g/mol. The van der Waals surface area contributed by atoms with Crippen molar-refractivity contribution in [2.45, 2.75) is 33.3 Å². The first-order chi connectivity index (χ1) is 9.52. The van der Waals surface area contributed by atoms with Crippen molar-refractivity contribution >= 4 is 22.4 Å². The second-order valence-electron chi connectivity index (χ2n) is 4.22. The SMILES string of the molecule is C#C.CC.CCNC(=O)c1cnc(N2CC(C)(O)C2)s1. The summed E-state index contributed by atoms with van der Waals surface area (Å²) < 4.78 is 0. The first-order valence-corrected chi connectivity index (χ1v) is 7.38. The van der Waals surface area contributed by atoms with Gasteiger partial charge in [0.15, 0.2) is 5.13 Å². The van der Waals surface area contributed by atoms with E-state index < -0.39 is 5.60 Å². The summed E-state index contributed by atoms with van der Waals surface area (Å²) in [6.07, 6.45) is 9.58. The Balaban J connectivity index is 0.000000829. The maximum absolute atomic E-state index is 11.5. The minimum Gasteiger partial charge on any atom is -0.386 e. The van der Waals surface area contributed by atoms with E-state index in [1.165, 1.54) is 11.3 Å². The van der Waals surface area contributed by atoms with Gasteiger partial charge < -0.3 is 15.3 Å². The fourth-order valence-electron chi connectivity index (χ4n) is 1.68. The summed E-state index contributed by atoms with van der Waals surface area (Å²) in [5.74, 6) is -0.0847. The zero-order valence-electron chi connectivity index (χ0n) is 12.5. The van der Waals surface area contributed by atoms with Gasteiger partial charge in [-0.25, -0.2) is 4.98 Å². The number of carbonyl (C=O) groups excluding carboxylic acids is 1. The molecule has 112 valence electrons. The Kier molecular flexibility index (Phi) is 7.89. The summed E-state index contributed by atoms with van der Waals surface area (Å²) >= 11 is 1.36. The van der Waals surface area contributed by atoms with Crippen molar-refractivity contribution in [1.82, 2.24) is 10.3 Å². The Morgan fingerprint density at radius 1 is 1.55 bits per heavy atom. The first kappa shape index (κ1) is 18.4. The lowest BCUT2D eigenvalue weighted by Gasteiger charge is -2.44. The second-order valence-corrected chi connectivity index (χ2v) is 5.23. The molecule has 0 aromatic carbocycles. The summed E-state index contributed by atoms with van der Waals surface area (Å²) in [5, 5.41) is 13.1. The zero-order valence-corrected chi connectivity index (χ0v) is 13.3. The van der Waals surface area contributed by atoms with Crippen molar-refractivity contribution in [3.8, 4) is 12.8 Å². The van der Waals surface area contributed by atoms with E-state index in [-0.39, 0.29) is 5.91 Å². The lowest BCUT2D eigenvalue weighted by molar-refractivity contribution is 0.0310. The van der Waals surface area contributed by atoms with Crippen LogP contribution in [-0.4, -0.2) is 41.2 Å². The molecule has 0 radical (unpaired) electrons. The van der Waals surface area contributed by atoms with Crippen LogP contribution in [0.2, 0.25) is 0 Å². The van der Waals surface area contributed by atoms with Gasteiger partial charge in [-0.2, -0.15) is 0 Å². The third-order valence-corrected chi connectivity index (χ3v) is 3.45.